The summed E-state index contributed by atoms with van der Waals surface area (Å²) in [5, 5.41) is 7.88. The summed E-state index contributed by atoms with van der Waals surface area (Å²) in [6, 6.07) is 27.3. The van der Waals surface area contributed by atoms with E-state index in [4.69, 9.17) is 4.52 Å². The van der Waals surface area contributed by atoms with Crippen LogP contribution in [0.5, 0.6) is 0 Å². The molecule has 3 aromatic carbocycles. The van der Waals surface area contributed by atoms with Crippen LogP contribution in [0.25, 0.3) is 22.0 Å². The average molecular weight is 435 g/mol. The second-order valence-corrected chi connectivity index (χ2v) is 7.67. The van der Waals surface area contributed by atoms with Crippen LogP contribution in [-0.4, -0.2) is 17.0 Å². The van der Waals surface area contributed by atoms with Gasteiger partial charge in [-0.2, -0.15) is 0 Å². The van der Waals surface area contributed by atoms with Crippen molar-refractivity contribution in [1.29, 1.82) is 0 Å². The van der Waals surface area contributed by atoms with Crippen LogP contribution in [0.1, 0.15) is 18.4 Å². The normalized spacial score (nSPS) is 11.0. The van der Waals surface area contributed by atoms with Crippen molar-refractivity contribution in [3.05, 3.63) is 84.4 Å². The molecule has 0 unspecified atom stereocenters. The van der Waals surface area contributed by atoms with Gasteiger partial charge in [0.05, 0.1) is 0 Å². The molecule has 4 aromatic rings. The van der Waals surface area contributed by atoms with E-state index in [1.165, 1.54) is 16.3 Å². The van der Waals surface area contributed by atoms with Crippen molar-refractivity contribution in [2.75, 3.05) is 16.8 Å². The van der Waals surface area contributed by atoms with Crippen LogP contribution in [0.3, 0.4) is 0 Å². The molecule has 142 valence electrons. The molecule has 4 heteroatoms. The number of rotatable bonds is 8. The fourth-order valence-electron chi connectivity index (χ4n) is 3.46. The van der Waals surface area contributed by atoms with E-state index in [0.29, 0.717) is 0 Å². The van der Waals surface area contributed by atoms with Gasteiger partial charge in [-0.3, -0.25) is 0 Å². The Balaban J connectivity index is 1.63. The molecule has 4 rings (SSSR count). The number of aromatic nitrogens is 1. The van der Waals surface area contributed by atoms with Gasteiger partial charge in [0, 0.05) is 30.0 Å². The van der Waals surface area contributed by atoms with Gasteiger partial charge in [-0.15, -0.1) is 0 Å². The summed E-state index contributed by atoms with van der Waals surface area (Å²) < 4.78 is 5.76. The van der Waals surface area contributed by atoms with Crippen LogP contribution in [0.2, 0.25) is 0 Å². The Kier molecular flexibility index (Phi) is 6.07. The van der Waals surface area contributed by atoms with E-state index in [1.807, 2.05) is 18.2 Å². The summed E-state index contributed by atoms with van der Waals surface area (Å²) in [5.41, 5.74) is 3.25. The molecular formula is C24H23BrN2O. The molecule has 0 aliphatic heterocycles. The highest BCUT2D eigenvalue weighted by Gasteiger charge is 2.15. The van der Waals surface area contributed by atoms with Gasteiger partial charge in [0.1, 0.15) is 5.69 Å². The molecule has 0 radical (unpaired) electrons. The van der Waals surface area contributed by atoms with E-state index in [9.17, 15) is 0 Å². The van der Waals surface area contributed by atoms with Gasteiger partial charge < -0.3 is 9.42 Å². The average Bonchev–Trinajstić information content (AvgIpc) is 3.24. The fraction of sp³-hybridized carbons (Fsp3) is 0.208. The molecule has 0 saturated heterocycles. The molecule has 28 heavy (non-hydrogen) atoms. The maximum absolute atomic E-state index is 5.76. The van der Waals surface area contributed by atoms with Gasteiger partial charge in [-0.25, -0.2) is 0 Å². The molecule has 1 heterocycles. The molecule has 3 nitrogen and oxygen atoms in total. The predicted octanol–water partition coefficient (Wildman–Crippen LogP) is 6.68. The number of unbranched alkanes of at least 4 members (excludes halogenated alkanes) is 1. The number of halogens is 1. The minimum Gasteiger partial charge on any atom is -0.338 e. The molecule has 0 bridgehead atoms. The molecule has 0 atom stereocenters. The quantitative estimate of drug-likeness (QED) is 0.229. The Morgan fingerprint density at radius 3 is 2.50 bits per heavy atom. The number of hydrogen-bond acceptors (Lipinski definition) is 3. The lowest BCUT2D eigenvalue weighted by Gasteiger charge is -2.22. The first kappa shape index (κ1) is 18.8. The van der Waals surface area contributed by atoms with Crippen molar-refractivity contribution in [1.82, 2.24) is 5.16 Å². The van der Waals surface area contributed by atoms with Gasteiger partial charge in [-0.1, -0.05) is 93.9 Å². The zero-order chi connectivity index (χ0) is 19.2. The Hall–Kier alpha value is -2.59. The zero-order valence-electron chi connectivity index (χ0n) is 15.7. The van der Waals surface area contributed by atoms with Crippen molar-refractivity contribution >= 4 is 32.6 Å². The van der Waals surface area contributed by atoms with Gasteiger partial charge in [0.15, 0.2) is 0 Å². The van der Waals surface area contributed by atoms with E-state index >= 15 is 0 Å². The first-order valence-corrected chi connectivity index (χ1v) is 10.8. The molecule has 0 aliphatic carbocycles. The summed E-state index contributed by atoms with van der Waals surface area (Å²) in [7, 11) is 0. The van der Waals surface area contributed by atoms with E-state index in [-0.39, 0.29) is 0 Å². The molecule has 0 fully saturated rings. The molecule has 1 aromatic heterocycles. The van der Waals surface area contributed by atoms with Crippen molar-refractivity contribution in [2.24, 2.45) is 0 Å². The Bertz CT molecular complexity index is 1020. The van der Waals surface area contributed by atoms with E-state index < -0.39 is 0 Å². The summed E-state index contributed by atoms with van der Waals surface area (Å²) in [6.45, 7) is 1.73. The minimum atomic E-state index is 0.799. The monoisotopic (exact) mass is 434 g/mol. The Morgan fingerprint density at radius 1 is 0.857 bits per heavy atom. The molecule has 0 N–H and O–H groups in total. The lowest BCUT2D eigenvalue weighted by Crippen LogP contribution is -2.23. The van der Waals surface area contributed by atoms with E-state index in [1.54, 1.807) is 0 Å². The maximum atomic E-state index is 5.76. The third-order valence-corrected chi connectivity index (χ3v) is 5.49. The number of anilines is 1. The number of fused-ring (bicyclic) bond motifs is 1. The SMILES string of the molecule is BrCCCCN(Cc1cccc2ccccc12)c1cc(-c2ccccc2)no1. The number of benzene rings is 3. The molecule has 0 saturated carbocycles. The topological polar surface area (TPSA) is 29.3 Å². The predicted molar refractivity (Wildman–Crippen MR) is 120 cm³/mol. The van der Waals surface area contributed by atoms with Crippen molar-refractivity contribution in [2.45, 2.75) is 19.4 Å². The highest BCUT2D eigenvalue weighted by Crippen LogP contribution is 2.27. The molecule has 0 spiro atoms. The first-order valence-electron chi connectivity index (χ1n) is 9.65. The van der Waals surface area contributed by atoms with Gasteiger partial charge in [-0.05, 0) is 29.2 Å². The summed E-state index contributed by atoms with van der Waals surface area (Å²) in [5.74, 6) is 0.821. The number of hydrogen-bond donors (Lipinski definition) is 0. The van der Waals surface area contributed by atoms with Crippen LogP contribution in [0.15, 0.2) is 83.4 Å². The Morgan fingerprint density at radius 2 is 1.64 bits per heavy atom. The summed E-state index contributed by atoms with van der Waals surface area (Å²) in [6.07, 6.45) is 2.23. The number of nitrogens with zero attached hydrogens (tertiary/aromatic N) is 2. The molecule has 0 amide bonds. The summed E-state index contributed by atoms with van der Waals surface area (Å²) >= 11 is 3.54. The number of alkyl halides is 1. The van der Waals surface area contributed by atoms with Gasteiger partial charge in [0.25, 0.3) is 0 Å². The van der Waals surface area contributed by atoms with Crippen LogP contribution < -0.4 is 4.90 Å². The van der Waals surface area contributed by atoms with Crippen LogP contribution in [-0.2, 0) is 6.54 Å². The standard InChI is InChI=1S/C24H23BrN2O/c25-15-6-7-16-27(18-21-13-8-12-19-9-4-5-14-22(19)21)24-17-23(26-28-24)20-10-2-1-3-11-20/h1-5,8-14,17H,6-7,15-16,18H2. The lowest BCUT2D eigenvalue weighted by atomic mass is 10.0. The summed E-state index contributed by atoms with van der Waals surface area (Å²) in [4.78, 5) is 2.30. The molecule has 0 aliphatic rings. The van der Waals surface area contributed by atoms with Gasteiger partial charge in [0.2, 0.25) is 5.88 Å². The van der Waals surface area contributed by atoms with Crippen LogP contribution >= 0.6 is 15.9 Å². The molecular weight excluding hydrogens is 412 g/mol. The van der Waals surface area contributed by atoms with Crippen LogP contribution in [0, 0.1) is 0 Å². The highest BCUT2D eigenvalue weighted by molar-refractivity contribution is 9.09. The lowest BCUT2D eigenvalue weighted by molar-refractivity contribution is 0.415. The largest absolute Gasteiger partial charge is 0.338 e. The van der Waals surface area contributed by atoms with Crippen molar-refractivity contribution < 1.29 is 4.52 Å². The Labute approximate surface area is 174 Å². The van der Waals surface area contributed by atoms with Crippen LogP contribution in [0.4, 0.5) is 5.88 Å². The van der Waals surface area contributed by atoms with E-state index in [2.05, 4.69) is 86.7 Å². The minimum absolute atomic E-state index is 0.799. The fourth-order valence-corrected chi connectivity index (χ4v) is 3.86. The smallest absolute Gasteiger partial charge is 0.228 e. The van der Waals surface area contributed by atoms with E-state index in [0.717, 1.165) is 48.4 Å². The third-order valence-electron chi connectivity index (χ3n) is 4.93. The second kappa shape index (κ2) is 9.07. The second-order valence-electron chi connectivity index (χ2n) is 6.87. The van der Waals surface area contributed by atoms with Crippen molar-refractivity contribution in [3.63, 3.8) is 0 Å². The highest BCUT2D eigenvalue weighted by atomic mass is 79.9. The third kappa shape index (κ3) is 4.28. The van der Waals surface area contributed by atoms with Crippen molar-refractivity contribution in [3.8, 4) is 11.3 Å². The van der Waals surface area contributed by atoms with Gasteiger partial charge >= 0.3 is 0 Å². The first-order chi connectivity index (χ1) is 13.8. The zero-order valence-corrected chi connectivity index (χ0v) is 17.3. The maximum Gasteiger partial charge on any atom is 0.228 e.